The second kappa shape index (κ2) is 5.87. The molecule has 0 aromatic carbocycles. The molecule has 0 saturated heterocycles. The Balaban J connectivity index is 2.90. The Morgan fingerprint density at radius 3 is 2.81 bits per heavy atom. The van der Waals surface area contributed by atoms with Crippen LogP contribution in [0, 0.1) is 0 Å². The van der Waals surface area contributed by atoms with E-state index >= 15 is 0 Å². The molecule has 16 heavy (non-hydrogen) atoms. The van der Waals surface area contributed by atoms with Gasteiger partial charge in [0.15, 0.2) is 0 Å². The molecule has 0 aliphatic heterocycles. The predicted molar refractivity (Wildman–Crippen MR) is 64.0 cm³/mol. The quantitative estimate of drug-likeness (QED) is 0.703. The van der Waals surface area contributed by atoms with Gasteiger partial charge in [0.1, 0.15) is 17.5 Å². The first-order chi connectivity index (χ1) is 7.70. The zero-order valence-electron chi connectivity index (χ0n) is 9.98. The number of allylic oxidation sites excluding steroid dienone is 2. The summed E-state index contributed by atoms with van der Waals surface area (Å²) >= 11 is 0. The molecule has 1 aliphatic rings. The summed E-state index contributed by atoms with van der Waals surface area (Å²) in [6, 6.07) is 0. The first kappa shape index (κ1) is 13.0. The van der Waals surface area contributed by atoms with E-state index in [1.807, 2.05) is 26.0 Å². The van der Waals surface area contributed by atoms with Crippen LogP contribution in [0.1, 0.15) is 20.3 Å². The van der Waals surface area contributed by atoms with Crippen molar-refractivity contribution in [3.05, 3.63) is 36.6 Å². The smallest absolute Gasteiger partial charge is 0.144 e. The van der Waals surface area contributed by atoms with Crippen LogP contribution in [0.4, 0.5) is 0 Å². The number of rotatable bonds is 6. The van der Waals surface area contributed by atoms with Crippen LogP contribution in [0.15, 0.2) is 36.6 Å². The van der Waals surface area contributed by atoms with Crippen LogP contribution in [-0.2, 0) is 9.47 Å². The Labute approximate surface area is 97.1 Å². The summed E-state index contributed by atoms with van der Waals surface area (Å²) in [5.41, 5.74) is -0.726. The zero-order chi connectivity index (χ0) is 12.0. The lowest BCUT2D eigenvalue weighted by atomic mass is 9.87. The standard InChI is InChI=1S/C13H20O3/c1-4-9-13(16-6-3)10-7-8-11(12(13)14)15-5-2/h4,7-8,10,12,14H,1,5-6,9H2,2-3H3. The molecule has 0 bridgehead atoms. The minimum Gasteiger partial charge on any atom is -0.495 e. The van der Waals surface area contributed by atoms with Crippen molar-refractivity contribution in [2.75, 3.05) is 13.2 Å². The molecule has 0 aromatic heterocycles. The first-order valence-corrected chi connectivity index (χ1v) is 5.65. The average Bonchev–Trinajstić information content (AvgIpc) is 2.26. The average molecular weight is 224 g/mol. The normalized spacial score (nSPS) is 28.7. The summed E-state index contributed by atoms with van der Waals surface area (Å²) in [5.74, 6) is 0.556. The largest absolute Gasteiger partial charge is 0.495 e. The van der Waals surface area contributed by atoms with Crippen molar-refractivity contribution in [1.82, 2.24) is 0 Å². The van der Waals surface area contributed by atoms with E-state index in [1.54, 1.807) is 12.2 Å². The van der Waals surface area contributed by atoms with Gasteiger partial charge in [0.2, 0.25) is 0 Å². The van der Waals surface area contributed by atoms with Crippen LogP contribution in [0.3, 0.4) is 0 Å². The topological polar surface area (TPSA) is 38.7 Å². The van der Waals surface area contributed by atoms with Crippen molar-refractivity contribution in [3.8, 4) is 0 Å². The van der Waals surface area contributed by atoms with Crippen LogP contribution in [0.2, 0.25) is 0 Å². The van der Waals surface area contributed by atoms with Crippen molar-refractivity contribution in [2.45, 2.75) is 32.0 Å². The van der Waals surface area contributed by atoms with Crippen LogP contribution in [-0.4, -0.2) is 30.0 Å². The summed E-state index contributed by atoms with van der Waals surface area (Å²) in [4.78, 5) is 0. The Hall–Kier alpha value is -1.06. The Morgan fingerprint density at radius 1 is 1.50 bits per heavy atom. The summed E-state index contributed by atoms with van der Waals surface area (Å²) in [6.45, 7) is 8.57. The molecule has 0 saturated carbocycles. The van der Waals surface area contributed by atoms with Crippen LogP contribution in [0.5, 0.6) is 0 Å². The molecule has 1 rings (SSSR count). The van der Waals surface area contributed by atoms with E-state index in [9.17, 15) is 5.11 Å². The van der Waals surface area contributed by atoms with Crippen LogP contribution in [0.25, 0.3) is 0 Å². The minimum absolute atomic E-state index is 0.535. The SMILES string of the molecule is C=CCC1(OCC)C=CC=C(OCC)C1O. The summed E-state index contributed by atoms with van der Waals surface area (Å²) in [7, 11) is 0. The van der Waals surface area contributed by atoms with Crippen molar-refractivity contribution in [1.29, 1.82) is 0 Å². The molecule has 1 aliphatic carbocycles. The van der Waals surface area contributed by atoms with Crippen LogP contribution < -0.4 is 0 Å². The molecule has 3 nitrogen and oxygen atoms in total. The molecule has 2 atom stereocenters. The van der Waals surface area contributed by atoms with Crippen molar-refractivity contribution in [3.63, 3.8) is 0 Å². The fraction of sp³-hybridized carbons (Fsp3) is 0.538. The maximum Gasteiger partial charge on any atom is 0.144 e. The molecule has 0 radical (unpaired) electrons. The number of aliphatic hydroxyl groups excluding tert-OH is 1. The lowest BCUT2D eigenvalue weighted by Crippen LogP contribution is -2.45. The number of aliphatic hydroxyl groups is 1. The molecule has 1 N–H and O–H groups in total. The Morgan fingerprint density at radius 2 is 2.25 bits per heavy atom. The van der Waals surface area contributed by atoms with E-state index in [4.69, 9.17) is 9.47 Å². The van der Waals surface area contributed by atoms with Crippen molar-refractivity contribution >= 4 is 0 Å². The fourth-order valence-corrected chi connectivity index (χ4v) is 1.88. The Bertz CT molecular complexity index is 294. The van der Waals surface area contributed by atoms with Gasteiger partial charge in [-0.05, 0) is 26.0 Å². The second-order valence-electron chi connectivity index (χ2n) is 3.64. The van der Waals surface area contributed by atoms with E-state index in [2.05, 4.69) is 6.58 Å². The second-order valence-corrected chi connectivity index (χ2v) is 3.64. The first-order valence-electron chi connectivity index (χ1n) is 5.65. The number of ether oxygens (including phenoxy) is 2. The third kappa shape index (κ3) is 2.54. The minimum atomic E-state index is -0.768. The van der Waals surface area contributed by atoms with Gasteiger partial charge >= 0.3 is 0 Å². The van der Waals surface area contributed by atoms with Gasteiger partial charge in [0, 0.05) is 13.0 Å². The Kier molecular flexibility index (Phi) is 4.77. The lowest BCUT2D eigenvalue weighted by molar-refractivity contribution is -0.0902. The number of hydrogen-bond acceptors (Lipinski definition) is 3. The maximum absolute atomic E-state index is 10.3. The van der Waals surface area contributed by atoms with Gasteiger partial charge in [-0.3, -0.25) is 0 Å². The van der Waals surface area contributed by atoms with Crippen molar-refractivity contribution < 1.29 is 14.6 Å². The highest BCUT2D eigenvalue weighted by atomic mass is 16.5. The van der Waals surface area contributed by atoms with E-state index in [0.717, 1.165) is 0 Å². The molecule has 0 heterocycles. The van der Waals surface area contributed by atoms with Crippen molar-refractivity contribution in [2.24, 2.45) is 0 Å². The third-order valence-corrected chi connectivity index (χ3v) is 2.56. The van der Waals surface area contributed by atoms with E-state index < -0.39 is 11.7 Å². The van der Waals surface area contributed by atoms with Gasteiger partial charge in [-0.1, -0.05) is 12.2 Å². The highest BCUT2D eigenvalue weighted by molar-refractivity contribution is 5.28. The third-order valence-electron chi connectivity index (χ3n) is 2.56. The molecule has 0 spiro atoms. The van der Waals surface area contributed by atoms with Gasteiger partial charge in [-0.25, -0.2) is 0 Å². The van der Waals surface area contributed by atoms with E-state index in [-0.39, 0.29) is 0 Å². The molecular weight excluding hydrogens is 204 g/mol. The molecular formula is C13H20O3. The van der Waals surface area contributed by atoms with Crippen LogP contribution >= 0.6 is 0 Å². The molecule has 0 fully saturated rings. The molecule has 0 amide bonds. The van der Waals surface area contributed by atoms with Gasteiger partial charge < -0.3 is 14.6 Å². The molecule has 90 valence electrons. The van der Waals surface area contributed by atoms with Gasteiger partial charge in [0.05, 0.1) is 6.61 Å². The molecule has 3 heteroatoms. The highest BCUT2D eigenvalue weighted by Gasteiger charge is 2.40. The molecule has 2 unspecified atom stereocenters. The monoisotopic (exact) mass is 224 g/mol. The summed E-state index contributed by atoms with van der Waals surface area (Å²) in [6.07, 6.45) is 7.04. The lowest BCUT2D eigenvalue weighted by Gasteiger charge is -2.37. The van der Waals surface area contributed by atoms with E-state index in [0.29, 0.717) is 25.4 Å². The van der Waals surface area contributed by atoms with Gasteiger partial charge in [-0.2, -0.15) is 0 Å². The highest BCUT2D eigenvalue weighted by Crippen LogP contribution is 2.31. The summed E-state index contributed by atoms with van der Waals surface area (Å²) in [5, 5.41) is 10.3. The molecule has 0 aromatic rings. The fourth-order valence-electron chi connectivity index (χ4n) is 1.88. The summed E-state index contributed by atoms with van der Waals surface area (Å²) < 4.78 is 11.1. The maximum atomic E-state index is 10.3. The number of hydrogen-bond donors (Lipinski definition) is 1. The van der Waals surface area contributed by atoms with E-state index in [1.165, 1.54) is 0 Å². The zero-order valence-corrected chi connectivity index (χ0v) is 9.98. The van der Waals surface area contributed by atoms with Gasteiger partial charge in [0.25, 0.3) is 0 Å². The predicted octanol–water partition coefficient (Wildman–Crippen LogP) is 2.19. The van der Waals surface area contributed by atoms with Gasteiger partial charge in [-0.15, -0.1) is 6.58 Å².